The predicted octanol–water partition coefficient (Wildman–Crippen LogP) is 1.58. The summed E-state index contributed by atoms with van der Waals surface area (Å²) in [5.41, 5.74) is 1.29. The van der Waals surface area contributed by atoms with Crippen LogP contribution in [-0.4, -0.2) is 48.3 Å². The minimum Gasteiger partial charge on any atom is -0.479 e. The maximum atomic E-state index is 10.9. The van der Waals surface area contributed by atoms with Crippen LogP contribution >= 0.6 is 0 Å². The highest BCUT2D eigenvalue weighted by atomic mass is 16.5. The Morgan fingerprint density at radius 1 is 1.50 bits per heavy atom. The smallest absolute Gasteiger partial charge is 0.334 e. The van der Waals surface area contributed by atoms with Gasteiger partial charge in [0.1, 0.15) is 0 Å². The fourth-order valence-corrected chi connectivity index (χ4v) is 2.29. The molecule has 1 aliphatic rings. The highest BCUT2D eigenvalue weighted by Gasteiger charge is 2.26. The number of nitrogens with zero attached hydrogens (tertiary/aromatic N) is 1. The van der Waals surface area contributed by atoms with Crippen molar-refractivity contribution in [3.63, 3.8) is 0 Å². The summed E-state index contributed by atoms with van der Waals surface area (Å²) in [6.45, 7) is 4.82. The SMILES string of the molecule is CC(CN1CCOC(C(=O)O)C1)c1ccccc1. The number of rotatable bonds is 4. The Morgan fingerprint density at radius 3 is 2.89 bits per heavy atom. The van der Waals surface area contributed by atoms with Crippen LogP contribution in [0, 0.1) is 0 Å². The van der Waals surface area contributed by atoms with E-state index in [1.807, 2.05) is 18.2 Å². The lowest BCUT2D eigenvalue weighted by Gasteiger charge is -2.32. The van der Waals surface area contributed by atoms with Crippen molar-refractivity contribution in [1.29, 1.82) is 0 Å². The number of carbonyl (C=O) groups is 1. The van der Waals surface area contributed by atoms with E-state index in [0.29, 0.717) is 19.1 Å². The zero-order chi connectivity index (χ0) is 13.0. The van der Waals surface area contributed by atoms with Crippen LogP contribution in [0.3, 0.4) is 0 Å². The van der Waals surface area contributed by atoms with Gasteiger partial charge in [-0.1, -0.05) is 37.3 Å². The van der Waals surface area contributed by atoms with Gasteiger partial charge < -0.3 is 9.84 Å². The summed E-state index contributed by atoms with van der Waals surface area (Å²) in [4.78, 5) is 13.1. The summed E-state index contributed by atoms with van der Waals surface area (Å²) >= 11 is 0. The Morgan fingerprint density at radius 2 is 2.22 bits per heavy atom. The van der Waals surface area contributed by atoms with E-state index >= 15 is 0 Å². The minimum atomic E-state index is -0.868. The molecule has 2 unspecified atom stereocenters. The number of hydrogen-bond acceptors (Lipinski definition) is 3. The van der Waals surface area contributed by atoms with E-state index in [2.05, 4.69) is 24.0 Å². The van der Waals surface area contributed by atoms with Gasteiger partial charge in [-0.05, 0) is 11.5 Å². The fraction of sp³-hybridized carbons (Fsp3) is 0.500. The quantitative estimate of drug-likeness (QED) is 0.880. The number of carboxylic acid groups (broad SMARTS) is 1. The van der Waals surface area contributed by atoms with Crippen LogP contribution in [0.5, 0.6) is 0 Å². The Balaban J connectivity index is 1.91. The van der Waals surface area contributed by atoms with Gasteiger partial charge >= 0.3 is 5.97 Å². The van der Waals surface area contributed by atoms with Crippen molar-refractivity contribution in [1.82, 2.24) is 4.90 Å². The van der Waals surface area contributed by atoms with Crippen molar-refractivity contribution in [2.75, 3.05) is 26.2 Å². The van der Waals surface area contributed by atoms with E-state index in [-0.39, 0.29) is 0 Å². The maximum absolute atomic E-state index is 10.9. The van der Waals surface area contributed by atoms with E-state index in [9.17, 15) is 4.79 Å². The van der Waals surface area contributed by atoms with Crippen molar-refractivity contribution in [3.05, 3.63) is 35.9 Å². The first kappa shape index (κ1) is 13.1. The summed E-state index contributed by atoms with van der Waals surface area (Å²) < 4.78 is 5.22. The molecule has 18 heavy (non-hydrogen) atoms. The number of benzene rings is 1. The molecule has 0 saturated carbocycles. The highest BCUT2D eigenvalue weighted by Crippen LogP contribution is 2.17. The van der Waals surface area contributed by atoms with E-state index < -0.39 is 12.1 Å². The molecule has 1 aliphatic heterocycles. The van der Waals surface area contributed by atoms with Crippen molar-refractivity contribution in [3.8, 4) is 0 Å². The number of aliphatic carboxylic acids is 1. The normalized spacial score (nSPS) is 22.6. The average Bonchev–Trinajstić information content (AvgIpc) is 2.40. The number of carboxylic acids is 1. The number of morpholine rings is 1. The molecule has 0 radical (unpaired) electrons. The molecule has 98 valence electrons. The first-order valence-corrected chi connectivity index (χ1v) is 6.28. The Labute approximate surface area is 107 Å². The topological polar surface area (TPSA) is 49.8 Å². The molecule has 2 atom stereocenters. The molecular weight excluding hydrogens is 230 g/mol. The van der Waals surface area contributed by atoms with E-state index in [1.54, 1.807) is 0 Å². The second-order valence-electron chi connectivity index (χ2n) is 4.77. The summed E-state index contributed by atoms with van der Waals surface area (Å²) in [6, 6.07) is 10.3. The molecule has 4 heteroatoms. The standard InChI is InChI=1S/C14H19NO3/c1-11(12-5-3-2-4-6-12)9-15-7-8-18-13(10-15)14(16)17/h2-6,11,13H,7-10H2,1H3,(H,16,17). The molecule has 2 rings (SSSR count). The zero-order valence-corrected chi connectivity index (χ0v) is 10.6. The van der Waals surface area contributed by atoms with Crippen LogP contribution in [0.4, 0.5) is 0 Å². The minimum absolute atomic E-state index is 0.402. The largest absolute Gasteiger partial charge is 0.479 e. The summed E-state index contributed by atoms with van der Waals surface area (Å²) in [5, 5.41) is 8.96. The van der Waals surface area contributed by atoms with Gasteiger partial charge in [-0.25, -0.2) is 4.79 Å². The van der Waals surface area contributed by atoms with Crippen molar-refractivity contribution < 1.29 is 14.6 Å². The van der Waals surface area contributed by atoms with Crippen LogP contribution in [-0.2, 0) is 9.53 Å². The van der Waals surface area contributed by atoms with Crippen molar-refractivity contribution in [2.45, 2.75) is 18.9 Å². The van der Waals surface area contributed by atoms with Crippen LogP contribution in [0.1, 0.15) is 18.4 Å². The Bertz CT molecular complexity index is 393. The molecule has 1 saturated heterocycles. The lowest BCUT2D eigenvalue weighted by Crippen LogP contribution is -2.47. The predicted molar refractivity (Wildman–Crippen MR) is 68.7 cm³/mol. The zero-order valence-electron chi connectivity index (χ0n) is 10.6. The second kappa shape index (κ2) is 5.98. The monoisotopic (exact) mass is 249 g/mol. The summed E-state index contributed by atoms with van der Waals surface area (Å²) in [7, 11) is 0. The summed E-state index contributed by atoms with van der Waals surface area (Å²) in [6.07, 6.45) is -0.679. The van der Waals surface area contributed by atoms with Gasteiger partial charge in [-0.2, -0.15) is 0 Å². The Hall–Kier alpha value is -1.39. The third kappa shape index (κ3) is 3.31. The lowest BCUT2D eigenvalue weighted by molar-refractivity contribution is -0.156. The molecule has 0 spiro atoms. The van der Waals surface area contributed by atoms with Crippen molar-refractivity contribution in [2.24, 2.45) is 0 Å². The molecular formula is C14H19NO3. The molecule has 1 fully saturated rings. The van der Waals surface area contributed by atoms with Gasteiger partial charge in [0.25, 0.3) is 0 Å². The van der Waals surface area contributed by atoms with Gasteiger partial charge in [-0.3, -0.25) is 4.90 Å². The van der Waals surface area contributed by atoms with Crippen LogP contribution in [0.15, 0.2) is 30.3 Å². The third-order valence-corrected chi connectivity index (χ3v) is 3.33. The number of ether oxygens (including phenoxy) is 1. The van der Waals surface area contributed by atoms with E-state index in [4.69, 9.17) is 9.84 Å². The molecule has 4 nitrogen and oxygen atoms in total. The van der Waals surface area contributed by atoms with Crippen molar-refractivity contribution >= 4 is 5.97 Å². The molecule has 1 N–H and O–H groups in total. The molecule has 0 aromatic heterocycles. The molecule has 0 bridgehead atoms. The number of hydrogen-bond donors (Lipinski definition) is 1. The van der Waals surface area contributed by atoms with Gasteiger partial charge in [-0.15, -0.1) is 0 Å². The van der Waals surface area contributed by atoms with E-state index in [0.717, 1.165) is 13.1 Å². The molecule has 0 amide bonds. The second-order valence-corrected chi connectivity index (χ2v) is 4.77. The highest BCUT2D eigenvalue weighted by molar-refractivity contribution is 5.72. The summed E-state index contributed by atoms with van der Waals surface area (Å²) in [5.74, 6) is -0.467. The lowest BCUT2D eigenvalue weighted by atomic mass is 10.0. The average molecular weight is 249 g/mol. The van der Waals surface area contributed by atoms with Crippen LogP contribution < -0.4 is 0 Å². The first-order valence-electron chi connectivity index (χ1n) is 6.28. The van der Waals surface area contributed by atoms with Crippen LogP contribution in [0.25, 0.3) is 0 Å². The van der Waals surface area contributed by atoms with Gasteiger partial charge in [0.05, 0.1) is 6.61 Å². The maximum Gasteiger partial charge on any atom is 0.334 e. The van der Waals surface area contributed by atoms with Gasteiger partial charge in [0, 0.05) is 19.6 Å². The van der Waals surface area contributed by atoms with Gasteiger partial charge in [0.2, 0.25) is 0 Å². The van der Waals surface area contributed by atoms with E-state index in [1.165, 1.54) is 5.56 Å². The third-order valence-electron chi connectivity index (χ3n) is 3.33. The molecule has 1 aromatic carbocycles. The first-order chi connectivity index (χ1) is 8.66. The Kier molecular flexibility index (Phi) is 4.33. The molecule has 1 aromatic rings. The van der Waals surface area contributed by atoms with Gasteiger partial charge in [0.15, 0.2) is 6.10 Å². The molecule has 0 aliphatic carbocycles. The van der Waals surface area contributed by atoms with Crippen LogP contribution in [0.2, 0.25) is 0 Å². The molecule has 1 heterocycles. The fourth-order valence-electron chi connectivity index (χ4n) is 2.29.